The van der Waals surface area contributed by atoms with Crippen LogP contribution in [-0.2, 0) is 16.6 Å². The molecule has 0 saturated carbocycles. The first-order valence-corrected chi connectivity index (χ1v) is 9.88. The summed E-state index contributed by atoms with van der Waals surface area (Å²) >= 11 is 1.69. The molecule has 0 aliphatic carbocycles. The van der Waals surface area contributed by atoms with Crippen molar-refractivity contribution in [1.29, 1.82) is 0 Å². The van der Waals surface area contributed by atoms with Gasteiger partial charge in [0.2, 0.25) is 10.0 Å². The van der Waals surface area contributed by atoms with Crippen molar-refractivity contribution >= 4 is 27.3 Å². The number of sulfonamides is 1. The van der Waals surface area contributed by atoms with Gasteiger partial charge >= 0.3 is 0 Å². The summed E-state index contributed by atoms with van der Waals surface area (Å²) in [6.07, 6.45) is 0. The quantitative estimate of drug-likeness (QED) is 0.551. The normalized spacial score (nSPS) is 12.7. The van der Waals surface area contributed by atoms with Gasteiger partial charge in [-0.25, -0.2) is 12.7 Å². The second-order valence-corrected chi connectivity index (χ2v) is 7.87. The lowest BCUT2D eigenvalue weighted by Crippen LogP contribution is -2.41. The molecule has 1 rings (SSSR count). The molecule has 0 saturated heterocycles. The summed E-state index contributed by atoms with van der Waals surface area (Å²) in [4.78, 5) is 5.36. The lowest BCUT2D eigenvalue weighted by atomic mass is 10.3. The zero-order chi connectivity index (χ0) is 16.6. The highest BCUT2D eigenvalue weighted by Gasteiger charge is 2.18. The minimum absolute atomic E-state index is 0.0629. The SMILES string of the molecule is CCN(CC)S(=O)(=O)CCNC(=NC)NCc1sccc1C. The van der Waals surface area contributed by atoms with E-state index in [-0.39, 0.29) is 5.75 Å². The largest absolute Gasteiger partial charge is 0.355 e. The van der Waals surface area contributed by atoms with E-state index in [2.05, 4.69) is 34.0 Å². The number of hydrogen-bond acceptors (Lipinski definition) is 4. The van der Waals surface area contributed by atoms with Crippen molar-refractivity contribution in [3.05, 3.63) is 21.9 Å². The Labute approximate surface area is 137 Å². The lowest BCUT2D eigenvalue weighted by Gasteiger charge is -2.19. The summed E-state index contributed by atoms with van der Waals surface area (Å²) in [5, 5.41) is 8.30. The Hall–Kier alpha value is -1.12. The van der Waals surface area contributed by atoms with Crippen LogP contribution in [0.4, 0.5) is 0 Å². The average Bonchev–Trinajstić information content (AvgIpc) is 2.89. The summed E-state index contributed by atoms with van der Waals surface area (Å²) in [6, 6.07) is 2.08. The van der Waals surface area contributed by atoms with E-state index in [1.165, 1.54) is 14.7 Å². The summed E-state index contributed by atoms with van der Waals surface area (Å²) < 4.78 is 25.6. The van der Waals surface area contributed by atoms with Gasteiger partial charge in [0.15, 0.2) is 5.96 Å². The zero-order valence-corrected chi connectivity index (χ0v) is 15.4. The van der Waals surface area contributed by atoms with Crippen molar-refractivity contribution in [3.8, 4) is 0 Å². The highest BCUT2D eigenvalue weighted by molar-refractivity contribution is 7.89. The standard InChI is InChI=1S/C14H26N4O2S2/c1-5-18(6-2)22(19,20)10-8-16-14(15-4)17-11-13-12(3)7-9-21-13/h7,9H,5-6,8,10-11H2,1-4H3,(H2,15,16,17). The van der Waals surface area contributed by atoms with Crippen LogP contribution in [0.25, 0.3) is 0 Å². The zero-order valence-electron chi connectivity index (χ0n) is 13.7. The maximum Gasteiger partial charge on any atom is 0.215 e. The number of rotatable bonds is 8. The van der Waals surface area contributed by atoms with Gasteiger partial charge < -0.3 is 10.6 Å². The molecule has 1 aromatic rings. The van der Waals surface area contributed by atoms with Crippen LogP contribution in [0.2, 0.25) is 0 Å². The van der Waals surface area contributed by atoms with Crippen molar-refractivity contribution in [1.82, 2.24) is 14.9 Å². The molecule has 0 unspecified atom stereocenters. The van der Waals surface area contributed by atoms with Crippen molar-refractivity contribution < 1.29 is 8.42 Å². The number of nitrogens with one attached hydrogen (secondary N) is 2. The minimum Gasteiger partial charge on any atom is -0.355 e. The van der Waals surface area contributed by atoms with Gasteiger partial charge in [0.1, 0.15) is 0 Å². The highest BCUT2D eigenvalue weighted by atomic mass is 32.2. The van der Waals surface area contributed by atoms with E-state index in [1.807, 2.05) is 13.8 Å². The molecule has 0 amide bonds. The van der Waals surface area contributed by atoms with Gasteiger partial charge in [-0.15, -0.1) is 11.3 Å². The summed E-state index contributed by atoms with van der Waals surface area (Å²) in [7, 11) is -1.53. The maximum atomic E-state index is 12.1. The fourth-order valence-corrected chi connectivity index (χ4v) is 4.27. The molecule has 1 heterocycles. The van der Waals surface area contributed by atoms with Crippen LogP contribution in [0.3, 0.4) is 0 Å². The number of thiophene rings is 1. The van der Waals surface area contributed by atoms with Crippen molar-refractivity contribution in [3.63, 3.8) is 0 Å². The average molecular weight is 347 g/mol. The third-order valence-corrected chi connectivity index (χ3v) is 6.41. The van der Waals surface area contributed by atoms with Crippen LogP contribution in [0.1, 0.15) is 24.3 Å². The van der Waals surface area contributed by atoms with E-state index in [4.69, 9.17) is 0 Å². The third kappa shape index (κ3) is 5.58. The molecule has 0 bridgehead atoms. The molecule has 0 atom stereocenters. The predicted octanol–water partition coefficient (Wildman–Crippen LogP) is 1.39. The van der Waals surface area contributed by atoms with E-state index in [1.54, 1.807) is 18.4 Å². The van der Waals surface area contributed by atoms with Gasteiger partial charge in [0, 0.05) is 31.6 Å². The van der Waals surface area contributed by atoms with Crippen molar-refractivity contribution in [2.45, 2.75) is 27.3 Å². The Morgan fingerprint density at radius 2 is 2.00 bits per heavy atom. The summed E-state index contributed by atoms with van der Waals surface area (Å²) in [5.74, 6) is 0.676. The van der Waals surface area contributed by atoms with Gasteiger partial charge in [0.25, 0.3) is 0 Å². The maximum absolute atomic E-state index is 12.1. The van der Waals surface area contributed by atoms with Crippen LogP contribution >= 0.6 is 11.3 Å². The number of aliphatic imine (C=N–C) groups is 1. The highest BCUT2D eigenvalue weighted by Crippen LogP contribution is 2.14. The monoisotopic (exact) mass is 346 g/mol. The van der Waals surface area contributed by atoms with E-state index < -0.39 is 10.0 Å². The van der Waals surface area contributed by atoms with Gasteiger partial charge in [-0.1, -0.05) is 13.8 Å². The van der Waals surface area contributed by atoms with E-state index >= 15 is 0 Å². The minimum atomic E-state index is -3.20. The number of hydrogen-bond donors (Lipinski definition) is 2. The molecule has 0 aromatic carbocycles. The first-order chi connectivity index (χ1) is 10.4. The molecule has 2 N–H and O–H groups in total. The van der Waals surface area contributed by atoms with Gasteiger partial charge in [-0.05, 0) is 23.9 Å². The van der Waals surface area contributed by atoms with Crippen LogP contribution in [0.5, 0.6) is 0 Å². The van der Waals surface area contributed by atoms with Crippen molar-refractivity contribution in [2.24, 2.45) is 4.99 Å². The fourth-order valence-electron chi connectivity index (χ4n) is 2.01. The predicted molar refractivity (Wildman–Crippen MR) is 94.0 cm³/mol. The fraction of sp³-hybridized carbons (Fsp3) is 0.643. The molecule has 8 heteroatoms. The molecule has 0 spiro atoms. The first-order valence-electron chi connectivity index (χ1n) is 7.39. The smallest absolute Gasteiger partial charge is 0.215 e. The van der Waals surface area contributed by atoms with E-state index in [0.29, 0.717) is 32.1 Å². The Kier molecular flexibility index (Phi) is 7.84. The van der Waals surface area contributed by atoms with Crippen LogP contribution in [0, 0.1) is 6.92 Å². The Morgan fingerprint density at radius 1 is 1.32 bits per heavy atom. The van der Waals surface area contributed by atoms with Crippen LogP contribution in [0.15, 0.2) is 16.4 Å². The van der Waals surface area contributed by atoms with Crippen LogP contribution in [-0.4, -0.2) is 51.1 Å². The molecule has 0 aliphatic heterocycles. The second-order valence-electron chi connectivity index (χ2n) is 4.78. The third-order valence-electron chi connectivity index (χ3n) is 3.36. The molecule has 1 aromatic heterocycles. The topological polar surface area (TPSA) is 73.8 Å². The first kappa shape index (κ1) is 18.9. The van der Waals surface area contributed by atoms with Gasteiger partial charge in [0.05, 0.1) is 12.3 Å². The van der Waals surface area contributed by atoms with Crippen LogP contribution < -0.4 is 10.6 Å². The molecule has 0 fully saturated rings. The second kappa shape index (κ2) is 9.12. The number of nitrogens with zero attached hydrogens (tertiary/aromatic N) is 2. The van der Waals surface area contributed by atoms with Crippen molar-refractivity contribution in [2.75, 3.05) is 32.4 Å². The summed E-state index contributed by atoms with van der Waals surface area (Å²) in [5.41, 5.74) is 1.25. The number of guanidine groups is 1. The Morgan fingerprint density at radius 3 is 2.50 bits per heavy atom. The lowest BCUT2D eigenvalue weighted by molar-refractivity contribution is 0.445. The van der Waals surface area contributed by atoms with E-state index in [0.717, 1.165) is 0 Å². The Balaban J connectivity index is 2.43. The van der Waals surface area contributed by atoms with Gasteiger partial charge in [-0.3, -0.25) is 4.99 Å². The van der Waals surface area contributed by atoms with Gasteiger partial charge in [-0.2, -0.15) is 0 Å². The Bertz CT molecular complexity index is 577. The molecular weight excluding hydrogens is 320 g/mol. The molecule has 22 heavy (non-hydrogen) atoms. The molecule has 0 radical (unpaired) electrons. The molecular formula is C14H26N4O2S2. The number of aryl methyl sites for hydroxylation is 1. The molecule has 6 nitrogen and oxygen atoms in total. The van der Waals surface area contributed by atoms with E-state index in [9.17, 15) is 8.42 Å². The molecule has 126 valence electrons. The summed E-state index contributed by atoms with van der Waals surface area (Å²) in [6.45, 7) is 7.79. The molecule has 0 aliphatic rings.